The van der Waals surface area contributed by atoms with Gasteiger partial charge in [0.2, 0.25) is 5.78 Å². The maximum absolute atomic E-state index is 12.1. The standard InChI is InChI=1S/C12H11BrO2/c1-6-5-8-9(7(2)10(6)13)11(14)12(15-8)3-4-12/h5H,3-4H2,1-2H3. The number of ketones is 1. The maximum Gasteiger partial charge on any atom is 0.210 e. The molecular weight excluding hydrogens is 256 g/mol. The third-order valence-electron chi connectivity index (χ3n) is 3.29. The number of hydrogen-bond acceptors (Lipinski definition) is 2. The minimum absolute atomic E-state index is 0.177. The van der Waals surface area contributed by atoms with E-state index in [1.54, 1.807) is 0 Å². The van der Waals surface area contributed by atoms with E-state index in [0.717, 1.165) is 39.8 Å². The van der Waals surface area contributed by atoms with Crippen molar-refractivity contribution in [3.8, 4) is 5.75 Å². The molecule has 3 heteroatoms. The molecule has 2 aliphatic rings. The number of hydrogen-bond donors (Lipinski definition) is 0. The van der Waals surface area contributed by atoms with Crippen LogP contribution in [0.3, 0.4) is 0 Å². The second-order valence-electron chi connectivity index (χ2n) is 4.43. The zero-order valence-corrected chi connectivity index (χ0v) is 10.3. The van der Waals surface area contributed by atoms with Gasteiger partial charge < -0.3 is 4.74 Å². The van der Waals surface area contributed by atoms with Crippen molar-refractivity contribution in [1.82, 2.24) is 0 Å². The van der Waals surface area contributed by atoms with E-state index in [1.165, 1.54) is 0 Å². The lowest BCUT2D eigenvalue weighted by molar-refractivity contribution is 0.0820. The van der Waals surface area contributed by atoms with Crippen molar-refractivity contribution < 1.29 is 9.53 Å². The molecule has 15 heavy (non-hydrogen) atoms. The summed E-state index contributed by atoms with van der Waals surface area (Å²) in [5, 5.41) is 0. The highest BCUT2D eigenvalue weighted by molar-refractivity contribution is 9.10. The van der Waals surface area contributed by atoms with Gasteiger partial charge >= 0.3 is 0 Å². The second-order valence-corrected chi connectivity index (χ2v) is 5.22. The number of ether oxygens (including phenoxy) is 1. The lowest BCUT2D eigenvalue weighted by Gasteiger charge is -2.07. The van der Waals surface area contributed by atoms with E-state index in [2.05, 4.69) is 15.9 Å². The van der Waals surface area contributed by atoms with Gasteiger partial charge in [-0.1, -0.05) is 15.9 Å². The molecule has 0 amide bonds. The summed E-state index contributed by atoms with van der Waals surface area (Å²) >= 11 is 3.51. The Kier molecular flexibility index (Phi) is 1.66. The van der Waals surface area contributed by atoms with Gasteiger partial charge in [-0.05, 0) is 43.9 Å². The van der Waals surface area contributed by atoms with Gasteiger partial charge in [0.15, 0.2) is 5.60 Å². The van der Waals surface area contributed by atoms with Gasteiger partial charge in [0, 0.05) is 4.47 Å². The number of benzene rings is 1. The van der Waals surface area contributed by atoms with E-state index in [9.17, 15) is 4.79 Å². The number of Topliss-reactive ketones (excluding diaryl/α,β-unsaturated/α-hetero) is 1. The molecule has 1 spiro atoms. The Balaban J connectivity index is 2.26. The van der Waals surface area contributed by atoms with Crippen LogP contribution in [-0.2, 0) is 0 Å². The maximum atomic E-state index is 12.1. The number of carbonyl (C=O) groups is 1. The highest BCUT2D eigenvalue weighted by Gasteiger charge is 2.58. The van der Waals surface area contributed by atoms with Crippen LogP contribution >= 0.6 is 15.9 Å². The number of rotatable bonds is 0. The van der Waals surface area contributed by atoms with E-state index >= 15 is 0 Å². The molecule has 1 heterocycles. The van der Waals surface area contributed by atoms with Crippen LogP contribution in [0.15, 0.2) is 10.5 Å². The largest absolute Gasteiger partial charge is 0.478 e. The summed E-state index contributed by atoms with van der Waals surface area (Å²) in [6.45, 7) is 3.99. The zero-order valence-electron chi connectivity index (χ0n) is 8.69. The van der Waals surface area contributed by atoms with Crippen LogP contribution in [0.5, 0.6) is 5.75 Å². The van der Waals surface area contributed by atoms with E-state index in [-0.39, 0.29) is 5.78 Å². The van der Waals surface area contributed by atoms with E-state index < -0.39 is 5.60 Å². The molecule has 3 rings (SSSR count). The molecular formula is C12H11BrO2. The van der Waals surface area contributed by atoms with Crippen molar-refractivity contribution in [2.24, 2.45) is 0 Å². The fourth-order valence-corrected chi connectivity index (χ4v) is 2.53. The van der Waals surface area contributed by atoms with Crippen LogP contribution in [0.1, 0.15) is 34.3 Å². The Morgan fingerprint density at radius 3 is 2.67 bits per heavy atom. The SMILES string of the molecule is Cc1cc2c(c(C)c1Br)C(=O)C1(CC1)O2. The molecule has 0 atom stereocenters. The van der Waals surface area contributed by atoms with Gasteiger partial charge in [0.05, 0.1) is 5.56 Å². The van der Waals surface area contributed by atoms with Crippen molar-refractivity contribution in [3.63, 3.8) is 0 Å². The average Bonchev–Trinajstić information content (AvgIpc) is 2.89. The summed E-state index contributed by atoms with van der Waals surface area (Å²) in [6, 6.07) is 1.96. The smallest absolute Gasteiger partial charge is 0.210 e. The first-order valence-electron chi connectivity index (χ1n) is 5.09. The molecule has 1 fully saturated rings. The van der Waals surface area contributed by atoms with Crippen molar-refractivity contribution in [2.75, 3.05) is 0 Å². The van der Waals surface area contributed by atoms with Crippen molar-refractivity contribution in [2.45, 2.75) is 32.3 Å². The minimum atomic E-state index is -0.472. The number of aryl methyl sites for hydroxylation is 1. The first-order chi connectivity index (χ1) is 7.05. The highest BCUT2D eigenvalue weighted by atomic mass is 79.9. The molecule has 0 aromatic heterocycles. The third-order valence-corrected chi connectivity index (χ3v) is 4.51. The Bertz CT molecular complexity index is 487. The van der Waals surface area contributed by atoms with Crippen LogP contribution in [0.4, 0.5) is 0 Å². The van der Waals surface area contributed by atoms with Crippen molar-refractivity contribution >= 4 is 21.7 Å². The molecule has 1 saturated carbocycles. The normalized spacial score (nSPS) is 20.3. The summed E-state index contributed by atoms with van der Waals surface area (Å²) in [7, 11) is 0. The fourth-order valence-electron chi connectivity index (χ4n) is 2.21. The van der Waals surface area contributed by atoms with Gasteiger partial charge in [-0.15, -0.1) is 0 Å². The third kappa shape index (κ3) is 1.07. The Morgan fingerprint density at radius 2 is 2.07 bits per heavy atom. The van der Waals surface area contributed by atoms with Crippen LogP contribution in [-0.4, -0.2) is 11.4 Å². The molecule has 0 N–H and O–H groups in total. The first-order valence-corrected chi connectivity index (χ1v) is 5.88. The number of halogens is 1. The van der Waals surface area contributed by atoms with Crippen molar-refractivity contribution in [3.05, 3.63) is 27.2 Å². The Hall–Kier alpha value is -0.830. The number of carbonyl (C=O) groups excluding carboxylic acids is 1. The van der Waals surface area contributed by atoms with E-state index in [4.69, 9.17) is 4.74 Å². The second kappa shape index (κ2) is 2.64. The molecule has 0 unspecified atom stereocenters. The summed E-state index contributed by atoms with van der Waals surface area (Å²) in [4.78, 5) is 12.1. The molecule has 2 nitrogen and oxygen atoms in total. The van der Waals surface area contributed by atoms with Gasteiger partial charge in [0.25, 0.3) is 0 Å². The monoisotopic (exact) mass is 266 g/mol. The lowest BCUT2D eigenvalue weighted by Crippen LogP contribution is -2.21. The topological polar surface area (TPSA) is 26.3 Å². The predicted octanol–water partition coefficient (Wildman–Crippen LogP) is 3.17. The highest BCUT2D eigenvalue weighted by Crippen LogP contribution is 2.51. The Labute approximate surface area is 96.8 Å². The van der Waals surface area contributed by atoms with Gasteiger partial charge in [0.1, 0.15) is 5.75 Å². The van der Waals surface area contributed by atoms with Crippen LogP contribution < -0.4 is 4.74 Å². The average molecular weight is 267 g/mol. The summed E-state index contributed by atoms with van der Waals surface area (Å²) in [5.41, 5.74) is 2.45. The Morgan fingerprint density at radius 1 is 1.40 bits per heavy atom. The molecule has 1 aromatic carbocycles. The molecule has 1 aliphatic carbocycles. The summed E-state index contributed by atoms with van der Waals surface area (Å²) in [6.07, 6.45) is 1.74. The molecule has 0 saturated heterocycles. The quantitative estimate of drug-likeness (QED) is 0.721. The molecule has 78 valence electrons. The molecule has 1 aliphatic heterocycles. The van der Waals surface area contributed by atoms with Crippen LogP contribution in [0.25, 0.3) is 0 Å². The number of fused-ring (bicyclic) bond motifs is 1. The zero-order chi connectivity index (χ0) is 10.8. The minimum Gasteiger partial charge on any atom is -0.478 e. The summed E-state index contributed by atoms with van der Waals surface area (Å²) < 4.78 is 6.79. The van der Waals surface area contributed by atoms with Gasteiger partial charge in [-0.25, -0.2) is 0 Å². The van der Waals surface area contributed by atoms with E-state index in [1.807, 2.05) is 19.9 Å². The van der Waals surface area contributed by atoms with Gasteiger partial charge in [-0.3, -0.25) is 4.79 Å². The first kappa shape index (κ1) is 9.40. The lowest BCUT2D eigenvalue weighted by atomic mass is 10.00. The predicted molar refractivity (Wildman–Crippen MR) is 60.5 cm³/mol. The van der Waals surface area contributed by atoms with Gasteiger partial charge in [-0.2, -0.15) is 0 Å². The molecule has 1 aromatic rings. The van der Waals surface area contributed by atoms with Crippen LogP contribution in [0, 0.1) is 13.8 Å². The fraction of sp³-hybridized carbons (Fsp3) is 0.417. The van der Waals surface area contributed by atoms with Crippen molar-refractivity contribution in [1.29, 1.82) is 0 Å². The summed E-state index contributed by atoms with van der Waals surface area (Å²) in [5.74, 6) is 0.950. The molecule has 0 radical (unpaired) electrons. The molecule has 0 bridgehead atoms. The van der Waals surface area contributed by atoms with E-state index in [0.29, 0.717) is 0 Å². The van der Waals surface area contributed by atoms with Crippen LogP contribution in [0.2, 0.25) is 0 Å².